The first-order chi connectivity index (χ1) is 17.0. The monoisotopic (exact) mass is 472 g/mol. The van der Waals surface area contributed by atoms with Crippen LogP contribution in [0.15, 0.2) is 48.5 Å². The molecule has 7 rings (SSSR count). The zero-order chi connectivity index (χ0) is 23.8. The normalized spacial score (nSPS) is 29.4. The van der Waals surface area contributed by atoms with Crippen LogP contribution >= 0.6 is 0 Å². The average Bonchev–Trinajstić information content (AvgIpc) is 2.83. The number of amides is 3. The minimum Gasteiger partial charge on any atom is -0.381 e. The fourth-order valence-electron chi connectivity index (χ4n) is 7.40. The van der Waals surface area contributed by atoms with Crippen LogP contribution in [0.3, 0.4) is 0 Å². The van der Waals surface area contributed by atoms with E-state index in [1.807, 2.05) is 24.3 Å². The van der Waals surface area contributed by atoms with Crippen molar-refractivity contribution in [2.75, 3.05) is 23.3 Å². The Labute approximate surface area is 207 Å². The Morgan fingerprint density at radius 2 is 1.49 bits per heavy atom. The van der Waals surface area contributed by atoms with Gasteiger partial charge in [-0.1, -0.05) is 24.3 Å². The molecular formula is C29H36N4O2. The fraction of sp³-hybridized carbons (Fsp3) is 0.517. The molecule has 35 heavy (non-hydrogen) atoms. The Morgan fingerprint density at radius 3 is 2.11 bits per heavy atom. The molecule has 0 spiro atoms. The Hall–Kier alpha value is -2.86. The molecule has 4 bridgehead atoms. The molecule has 2 aromatic rings. The summed E-state index contributed by atoms with van der Waals surface area (Å²) in [4.78, 5) is 25.0. The number of nitrogens with zero attached hydrogens (tertiary/aromatic N) is 1. The maximum atomic E-state index is 12.0. The van der Waals surface area contributed by atoms with Crippen molar-refractivity contribution in [3.05, 3.63) is 59.7 Å². The summed E-state index contributed by atoms with van der Waals surface area (Å²) in [5.74, 6) is 2.76. The summed E-state index contributed by atoms with van der Waals surface area (Å²) in [5, 5.41) is 9.84. The summed E-state index contributed by atoms with van der Waals surface area (Å²) >= 11 is 0. The SMILES string of the molecule is O=C1CCN(c2ccc(NCc3ccc(CCNC45CC6CC(CC(C6)C4)C5)cc3)cc2)C(=O)N1. The molecule has 1 heterocycles. The Balaban J connectivity index is 0.968. The molecule has 0 radical (unpaired) electrons. The van der Waals surface area contributed by atoms with E-state index in [9.17, 15) is 9.59 Å². The number of carbonyl (C=O) groups is 2. The van der Waals surface area contributed by atoms with Crippen molar-refractivity contribution in [1.29, 1.82) is 0 Å². The van der Waals surface area contributed by atoms with E-state index in [1.54, 1.807) is 4.90 Å². The second-order valence-electron chi connectivity index (χ2n) is 11.3. The van der Waals surface area contributed by atoms with Crippen LogP contribution in [0, 0.1) is 17.8 Å². The molecule has 1 saturated heterocycles. The maximum Gasteiger partial charge on any atom is 0.328 e. The van der Waals surface area contributed by atoms with Crippen LogP contribution in [0.4, 0.5) is 16.2 Å². The summed E-state index contributed by atoms with van der Waals surface area (Å²) in [6.07, 6.45) is 10.2. The van der Waals surface area contributed by atoms with Gasteiger partial charge in [0, 0.05) is 36.4 Å². The Morgan fingerprint density at radius 1 is 0.857 bits per heavy atom. The summed E-state index contributed by atoms with van der Waals surface area (Å²) < 4.78 is 0. The van der Waals surface area contributed by atoms with Gasteiger partial charge in [0.15, 0.2) is 0 Å². The van der Waals surface area contributed by atoms with Gasteiger partial charge in [-0.05, 0) is 105 Å². The van der Waals surface area contributed by atoms with Crippen molar-refractivity contribution in [3.8, 4) is 0 Å². The van der Waals surface area contributed by atoms with Gasteiger partial charge in [0.05, 0.1) is 0 Å². The average molecular weight is 473 g/mol. The molecule has 5 fully saturated rings. The van der Waals surface area contributed by atoms with Gasteiger partial charge in [-0.3, -0.25) is 15.0 Å². The quantitative estimate of drug-likeness (QED) is 0.514. The van der Waals surface area contributed by atoms with Crippen LogP contribution in [0.25, 0.3) is 0 Å². The molecule has 184 valence electrons. The lowest BCUT2D eigenvalue weighted by Crippen LogP contribution is -2.58. The lowest BCUT2D eigenvalue weighted by molar-refractivity contribution is -0.120. The van der Waals surface area contributed by atoms with Crippen LogP contribution in [0.1, 0.15) is 56.1 Å². The Bertz CT molecular complexity index is 1040. The standard InChI is InChI=1S/C29H36N4O2/c34-27-10-12-33(28(35)32-27)26-7-5-25(6-8-26)30-19-21-3-1-20(2-4-21)9-11-31-29-16-22-13-23(17-29)15-24(14-22)18-29/h1-8,22-24,30-31H,9-19H2,(H,32,34,35). The van der Waals surface area contributed by atoms with Gasteiger partial charge in [0.2, 0.25) is 5.91 Å². The van der Waals surface area contributed by atoms with Crippen LogP contribution in [-0.2, 0) is 17.8 Å². The van der Waals surface area contributed by atoms with Crippen LogP contribution in [0.2, 0.25) is 0 Å². The molecule has 2 aromatic carbocycles. The third-order valence-electron chi connectivity index (χ3n) is 8.70. The highest BCUT2D eigenvalue weighted by molar-refractivity contribution is 6.05. The largest absolute Gasteiger partial charge is 0.381 e. The second kappa shape index (κ2) is 9.30. The van der Waals surface area contributed by atoms with Crippen molar-refractivity contribution >= 4 is 23.3 Å². The topological polar surface area (TPSA) is 73.5 Å². The van der Waals surface area contributed by atoms with Crippen LogP contribution in [0.5, 0.6) is 0 Å². The number of benzene rings is 2. The highest BCUT2D eigenvalue weighted by Gasteiger charge is 2.50. The molecule has 4 saturated carbocycles. The molecule has 0 aromatic heterocycles. The molecule has 4 aliphatic carbocycles. The fourth-order valence-corrected chi connectivity index (χ4v) is 7.40. The molecule has 0 atom stereocenters. The van der Waals surface area contributed by atoms with Crippen molar-refractivity contribution in [2.45, 2.75) is 63.5 Å². The number of rotatable bonds is 8. The minimum absolute atomic E-state index is 0.213. The van der Waals surface area contributed by atoms with Gasteiger partial charge in [-0.25, -0.2) is 4.79 Å². The van der Waals surface area contributed by atoms with Crippen LogP contribution < -0.4 is 20.9 Å². The van der Waals surface area contributed by atoms with E-state index in [0.717, 1.165) is 48.6 Å². The number of imide groups is 1. The lowest BCUT2D eigenvalue weighted by Gasteiger charge is -2.57. The van der Waals surface area contributed by atoms with Gasteiger partial charge < -0.3 is 10.6 Å². The van der Waals surface area contributed by atoms with Crippen LogP contribution in [-0.4, -0.2) is 30.6 Å². The zero-order valence-electron chi connectivity index (χ0n) is 20.4. The third kappa shape index (κ3) is 4.94. The molecule has 3 N–H and O–H groups in total. The van der Waals surface area contributed by atoms with Gasteiger partial charge in [-0.15, -0.1) is 0 Å². The first-order valence-corrected chi connectivity index (χ1v) is 13.3. The van der Waals surface area contributed by atoms with E-state index in [-0.39, 0.29) is 11.9 Å². The molecule has 6 nitrogen and oxygen atoms in total. The van der Waals surface area contributed by atoms with E-state index in [1.165, 1.54) is 49.7 Å². The van der Waals surface area contributed by atoms with Crippen molar-refractivity contribution in [3.63, 3.8) is 0 Å². The van der Waals surface area contributed by atoms with E-state index in [0.29, 0.717) is 18.5 Å². The number of carbonyl (C=O) groups excluding carboxylic acids is 2. The van der Waals surface area contributed by atoms with Crippen molar-refractivity contribution in [1.82, 2.24) is 10.6 Å². The molecule has 6 heteroatoms. The van der Waals surface area contributed by atoms with Crippen molar-refractivity contribution in [2.24, 2.45) is 17.8 Å². The van der Waals surface area contributed by atoms with Gasteiger partial charge in [-0.2, -0.15) is 0 Å². The lowest BCUT2D eigenvalue weighted by atomic mass is 9.53. The predicted molar refractivity (Wildman–Crippen MR) is 138 cm³/mol. The smallest absolute Gasteiger partial charge is 0.328 e. The number of urea groups is 1. The maximum absolute atomic E-state index is 12.0. The molecule has 3 amide bonds. The molecule has 1 aliphatic heterocycles. The number of anilines is 2. The number of hydrogen-bond donors (Lipinski definition) is 3. The zero-order valence-corrected chi connectivity index (χ0v) is 20.4. The predicted octanol–water partition coefficient (Wildman–Crippen LogP) is 4.85. The molecular weight excluding hydrogens is 436 g/mol. The number of hydrogen-bond acceptors (Lipinski definition) is 4. The van der Waals surface area contributed by atoms with E-state index >= 15 is 0 Å². The molecule has 0 unspecified atom stereocenters. The highest BCUT2D eigenvalue weighted by Crippen LogP contribution is 2.55. The minimum atomic E-state index is -0.352. The summed E-state index contributed by atoms with van der Waals surface area (Å²) in [7, 11) is 0. The van der Waals surface area contributed by atoms with E-state index in [2.05, 4.69) is 40.2 Å². The first-order valence-electron chi connectivity index (χ1n) is 13.3. The van der Waals surface area contributed by atoms with Gasteiger partial charge in [0.25, 0.3) is 0 Å². The Kier molecular flexibility index (Phi) is 6.01. The van der Waals surface area contributed by atoms with E-state index in [4.69, 9.17) is 0 Å². The van der Waals surface area contributed by atoms with Gasteiger partial charge in [0.1, 0.15) is 0 Å². The number of nitrogens with one attached hydrogen (secondary N) is 3. The van der Waals surface area contributed by atoms with Crippen molar-refractivity contribution < 1.29 is 9.59 Å². The summed E-state index contributed by atoms with van der Waals surface area (Å²) in [6.45, 7) is 2.25. The molecule has 5 aliphatic rings. The van der Waals surface area contributed by atoms with E-state index < -0.39 is 0 Å². The summed E-state index contributed by atoms with van der Waals surface area (Å²) in [5.41, 5.74) is 4.90. The summed E-state index contributed by atoms with van der Waals surface area (Å²) in [6, 6.07) is 16.4. The second-order valence-corrected chi connectivity index (χ2v) is 11.3. The third-order valence-corrected chi connectivity index (χ3v) is 8.70. The highest BCUT2D eigenvalue weighted by atomic mass is 16.2. The van der Waals surface area contributed by atoms with Gasteiger partial charge >= 0.3 is 6.03 Å². The first kappa shape index (κ1) is 22.6.